The van der Waals surface area contributed by atoms with E-state index in [-0.39, 0.29) is 29.1 Å². The van der Waals surface area contributed by atoms with Gasteiger partial charge in [-0.3, -0.25) is 4.79 Å². The van der Waals surface area contributed by atoms with Crippen LogP contribution in [0, 0.1) is 11.3 Å². The predicted molar refractivity (Wildman–Crippen MR) is 94.9 cm³/mol. The summed E-state index contributed by atoms with van der Waals surface area (Å²) in [4.78, 5) is 14.2. The zero-order valence-electron chi connectivity index (χ0n) is 13.5. The van der Waals surface area contributed by atoms with Crippen LogP contribution in [0.1, 0.15) is 44.4 Å². The molecule has 1 saturated heterocycles. The van der Waals surface area contributed by atoms with Crippen molar-refractivity contribution < 1.29 is 4.79 Å². The minimum Gasteiger partial charge on any atom is -0.355 e. The molecule has 1 amide bonds. The maximum absolute atomic E-state index is 12.9. The summed E-state index contributed by atoms with van der Waals surface area (Å²) in [5, 5.41) is 8.83. The van der Waals surface area contributed by atoms with E-state index in [9.17, 15) is 4.79 Å². The molecule has 5 heteroatoms. The Morgan fingerprint density at radius 1 is 1.50 bits per heavy atom. The van der Waals surface area contributed by atoms with Gasteiger partial charge in [0.05, 0.1) is 5.41 Å². The van der Waals surface area contributed by atoms with E-state index in [1.165, 1.54) is 24.1 Å². The molecule has 2 heterocycles. The Kier molecular flexibility index (Phi) is 5.57. The minimum absolute atomic E-state index is 0. The van der Waals surface area contributed by atoms with E-state index >= 15 is 0 Å². The molecule has 0 spiro atoms. The normalized spacial score (nSPS) is 27.8. The van der Waals surface area contributed by atoms with Crippen LogP contribution in [0.5, 0.6) is 0 Å². The van der Waals surface area contributed by atoms with E-state index in [0.717, 1.165) is 26.1 Å². The first-order chi connectivity index (χ1) is 10.0. The number of carbonyl (C=O) groups is 1. The average Bonchev–Trinajstić information content (AvgIpc) is 3.14. The molecule has 1 saturated carbocycles. The summed E-state index contributed by atoms with van der Waals surface area (Å²) in [5.41, 5.74) is -0.125. The van der Waals surface area contributed by atoms with Gasteiger partial charge in [-0.05, 0) is 36.8 Å². The van der Waals surface area contributed by atoms with Crippen LogP contribution < -0.4 is 10.6 Å². The van der Waals surface area contributed by atoms with E-state index < -0.39 is 0 Å². The maximum Gasteiger partial charge on any atom is 0.227 e. The number of hydrogen-bond acceptors (Lipinski definition) is 3. The van der Waals surface area contributed by atoms with Gasteiger partial charge in [0.25, 0.3) is 0 Å². The highest BCUT2D eigenvalue weighted by Gasteiger charge is 2.49. The van der Waals surface area contributed by atoms with Gasteiger partial charge in [-0.25, -0.2) is 0 Å². The van der Waals surface area contributed by atoms with E-state index in [2.05, 4.69) is 42.0 Å². The lowest BCUT2D eigenvalue weighted by Gasteiger charge is -2.38. The summed E-state index contributed by atoms with van der Waals surface area (Å²) in [7, 11) is 0. The molecule has 1 aliphatic carbocycles. The summed E-state index contributed by atoms with van der Waals surface area (Å²) in [6, 6.07) is 4.25. The number of carbonyl (C=O) groups excluding carboxylic acids is 1. The fourth-order valence-electron chi connectivity index (χ4n) is 3.92. The van der Waals surface area contributed by atoms with Gasteiger partial charge >= 0.3 is 0 Å². The summed E-state index contributed by atoms with van der Waals surface area (Å²) in [6.07, 6.45) is 4.73. The monoisotopic (exact) mass is 342 g/mol. The van der Waals surface area contributed by atoms with Crippen LogP contribution in [0.4, 0.5) is 0 Å². The first-order valence-corrected chi connectivity index (χ1v) is 8.96. The molecule has 2 atom stereocenters. The molecule has 1 aliphatic heterocycles. The van der Waals surface area contributed by atoms with Crippen molar-refractivity contribution in [2.75, 3.05) is 19.6 Å². The third kappa shape index (κ3) is 3.19. The highest BCUT2D eigenvalue weighted by Crippen LogP contribution is 2.44. The second-order valence-electron chi connectivity index (χ2n) is 7.27. The summed E-state index contributed by atoms with van der Waals surface area (Å²) < 4.78 is 0. The Morgan fingerprint density at radius 3 is 3.05 bits per heavy atom. The topological polar surface area (TPSA) is 41.1 Å². The second-order valence-corrected chi connectivity index (χ2v) is 8.22. The highest BCUT2D eigenvalue weighted by molar-refractivity contribution is 7.10. The Balaban J connectivity index is 0.00000176. The van der Waals surface area contributed by atoms with Crippen LogP contribution in [0.25, 0.3) is 0 Å². The molecular weight excluding hydrogens is 316 g/mol. The summed E-state index contributed by atoms with van der Waals surface area (Å²) >= 11 is 1.77. The summed E-state index contributed by atoms with van der Waals surface area (Å²) in [5.74, 6) is 0.818. The fourth-order valence-corrected chi connectivity index (χ4v) is 4.77. The van der Waals surface area contributed by atoms with Crippen LogP contribution >= 0.6 is 23.7 Å². The molecule has 3 rings (SSSR count). The average molecular weight is 343 g/mol. The van der Waals surface area contributed by atoms with Crippen LogP contribution in [0.15, 0.2) is 17.5 Å². The molecule has 2 aliphatic rings. The van der Waals surface area contributed by atoms with Crippen molar-refractivity contribution in [3.05, 3.63) is 22.4 Å². The first-order valence-electron chi connectivity index (χ1n) is 8.08. The number of amides is 1. The molecule has 1 aromatic heterocycles. The molecule has 22 heavy (non-hydrogen) atoms. The number of nitrogens with one attached hydrogen (secondary N) is 2. The third-order valence-electron chi connectivity index (χ3n) is 5.37. The van der Waals surface area contributed by atoms with E-state index in [1.807, 2.05) is 0 Å². The summed E-state index contributed by atoms with van der Waals surface area (Å²) in [6.45, 7) is 7.02. The molecule has 2 N–H and O–H groups in total. The first kappa shape index (κ1) is 17.8. The zero-order valence-corrected chi connectivity index (χ0v) is 15.1. The SMILES string of the molecule is CC(C)(CNC(=O)[C@@]12CCCC[C@H]1CNC2)c1cccs1.Cl. The smallest absolute Gasteiger partial charge is 0.227 e. The Labute approximate surface area is 143 Å². The van der Waals surface area contributed by atoms with Gasteiger partial charge in [-0.15, -0.1) is 23.7 Å². The number of rotatable bonds is 4. The van der Waals surface area contributed by atoms with Gasteiger partial charge in [0.15, 0.2) is 0 Å². The van der Waals surface area contributed by atoms with Crippen molar-refractivity contribution in [3.8, 4) is 0 Å². The van der Waals surface area contributed by atoms with Gasteiger partial charge in [0.1, 0.15) is 0 Å². The van der Waals surface area contributed by atoms with Crippen LogP contribution in [-0.2, 0) is 10.2 Å². The molecule has 0 radical (unpaired) electrons. The lowest BCUT2D eigenvalue weighted by molar-refractivity contribution is -0.134. The Bertz CT molecular complexity index is 503. The molecule has 0 bridgehead atoms. The molecule has 1 aromatic rings. The van der Waals surface area contributed by atoms with Crippen molar-refractivity contribution in [2.45, 2.75) is 44.9 Å². The largest absolute Gasteiger partial charge is 0.355 e. The lowest BCUT2D eigenvalue weighted by atomic mass is 9.67. The maximum atomic E-state index is 12.9. The van der Waals surface area contributed by atoms with Crippen LogP contribution in [0.3, 0.4) is 0 Å². The predicted octanol–water partition coefficient (Wildman–Crippen LogP) is 3.34. The number of halogens is 1. The fraction of sp³-hybridized carbons (Fsp3) is 0.706. The van der Waals surface area contributed by atoms with Gasteiger partial charge in [-0.1, -0.05) is 32.8 Å². The molecule has 3 nitrogen and oxygen atoms in total. The van der Waals surface area contributed by atoms with E-state index in [0.29, 0.717) is 5.92 Å². The van der Waals surface area contributed by atoms with Crippen molar-refractivity contribution in [2.24, 2.45) is 11.3 Å². The van der Waals surface area contributed by atoms with Crippen molar-refractivity contribution in [3.63, 3.8) is 0 Å². The molecular formula is C17H27ClN2OS. The molecule has 0 aromatic carbocycles. The highest BCUT2D eigenvalue weighted by atomic mass is 35.5. The minimum atomic E-state index is -0.135. The Hall–Kier alpha value is -0.580. The lowest BCUT2D eigenvalue weighted by Crippen LogP contribution is -2.50. The molecule has 2 fully saturated rings. The molecule has 124 valence electrons. The quantitative estimate of drug-likeness (QED) is 0.881. The number of thiophene rings is 1. The van der Waals surface area contributed by atoms with Gasteiger partial charge in [0, 0.05) is 23.4 Å². The van der Waals surface area contributed by atoms with Crippen LogP contribution in [-0.4, -0.2) is 25.5 Å². The second kappa shape index (κ2) is 6.90. The van der Waals surface area contributed by atoms with Crippen molar-refractivity contribution >= 4 is 29.7 Å². The van der Waals surface area contributed by atoms with E-state index in [4.69, 9.17) is 0 Å². The van der Waals surface area contributed by atoms with Gasteiger partial charge < -0.3 is 10.6 Å². The number of hydrogen-bond donors (Lipinski definition) is 2. The van der Waals surface area contributed by atoms with E-state index in [1.54, 1.807) is 11.3 Å². The van der Waals surface area contributed by atoms with Crippen molar-refractivity contribution in [1.82, 2.24) is 10.6 Å². The van der Waals surface area contributed by atoms with Crippen molar-refractivity contribution in [1.29, 1.82) is 0 Å². The zero-order chi connectivity index (χ0) is 14.9. The number of fused-ring (bicyclic) bond motifs is 1. The standard InChI is InChI=1S/C17H26N2OS.ClH/c1-16(2,14-7-5-9-21-14)11-19-15(20)17-8-4-3-6-13(17)10-18-12-17;/h5,7,9,13,18H,3-4,6,8,10-12H2,1-2H3,(H,19,20);1H/t13-,17+;/m0./s1. The third-order valence-corrected chi connectivity index (χ3v) is 6.61. The van der Waals surface area contributed by atoms with Gasteiger partial charge in [0.2, 0.25) is 5.91 Å². The Morgan fingerprint density at radius 2 is 2.32 bits per heavy atom. The molecule has 0 unspecified atom stereocenters. The van der Waals surface area contributed by atoms with Crippen LogP contribution in [0.2, 0.25) is 0 Å². The van der Waals surface area contributed by atoms with Gasteiger partial charge in [-0.2, -0.15) is 0 Å².